The first-order valence-corrected chi connectivity index (χ1v) is 9.25. The second-order valence-corrected chi connectivity index (χ2v) is 7.26. The summed E-state index contributed by atoms with van der Waals surface area (Å²) in [5, 5.41) is 16.9. The lowest BCUT2D eigenvalue weighted by Crippen LogP contribution is -2.42. The minimum atomic E-state index is -1.12. The number of hydrogen-bond donors (Lipinski definition) is 2. The number of carbonyl (C=O) groups is 1. The average Bonchev–Trinajstić information content (AvgIpc) is 3.33. The molecule has 1 atom stereocenters. The number of aromatic nitrogens is 4. The number of nitriles is 1. The van der Waals surface area contributed by atoms with Crippen molar-refractivity contribution in [3.8, 4) is 23.5 Å². The Kier molecular flexibility index (Phi) is 3.82. The predicted molar refractivity (Wildman–Crippen MR) is 107 cm³/mol. The monoisotopic (exact) mass is 418 g/mol. The molecule has 2 aromatic heterocycles. The van der Waals surface area contributed by atoms with E-state index in [-0.39, 0.29) is 52.9 Å². The first-order chi connectivity index (χ1) is 14.9. The highest BCUT2D eigenvalue weighted by Gasteiger charge is 2.53. The van der Waals surface area contributed by atoms with Gasteiger partial charge in [0.05, 0.1) is 19.2 Å². The molecule has 2 aliphatic heterocycles. The van der Waals surface area contributed by atoms with Crippen molar-refractivity contribution in [3.05, 3.63) is 46.8 Å². The minimum Gasteiger partial charge on any atom is -0.480 e. The Labute approximate surface area is 175 Å². The Hall–Kier alpha value is -4.33. The number of nitrogens with zero attached hydrogens (tertiary/aromatic N) is 6. The molecule has 2 aliphatic rings. The molecule has 3 N–H and O–H groups in total. The fourth-order valence-corrected chi connectivity index (χ4v) is 3.81. The van der Waals surface area contributed by atoms with Crippen LogP contribution in [-0.2, 0) is 16.8 Å². The van der Waals surface area contributed by atoms with Gasteiger partial charge in [0.25, 0.3) is 0 Å². The van der Waals surface area contributed by atoms with Crippen molar-refractivity contribution in [2.45, 2.75) is 18.9 Å². The first kappa shape index (κ1) is 18.7. The van der Waals surface area contributed by atoms with E-state index in [9.17, 15) is 14.4 Å². The van der Waals surface area contributed by atoms with Gasteiger partial charge in [-0.3, -0.25) is 4.79 Å². The minimum absolute atomic E-state index is 0.0300. The maximum absolute atomic E-state index is 14.1. The highest BCUT2D eigenvalue weighted by Crippen LogP contribution is 2.47. The summed E-state index contributed by atoms with van der Waals surface area (Å²) in [6.45, 7) is 1.68. The number of ether oxygens (including phenoxy) is 1. The second-order valence-electron chi connectivity index (χ2n) is 7.26. The first-order valence-electron chi connectivity index (χ1n) is 9.25. The maximum atomic E-state index is 14.1. The molecule has 0 fully saturated rings. The van der Waals surface area contributed by atoms with Crippen molar-refractivity contribution in [2.24, 2.45) is 10.7 Å². The number of nitrogens with two attached hydrogens (primary N) is 1. The quantitative estimate of drug-likeness (QED) is 0.655. The number of anilines is 1. The Balaban J connectivity index is 1.66. The number of amides is 1. The molecule has 5 rings (SSSR count). The summed E-state index contributed by atoms with van der Waals surface area (Å²) in [6.07, 6.45) is 0. The van der Waals surface area contributed by atoms with Gasteiger partial charge in [-0.15, -0.1) is 0 Å². The van der Waals surface area contributed by atoms with Gasteiger partial charge >= 0.3 is 0 Å². The number of nitrogens with one attached hydrogen (secondary N) is 1. The van der Waals surface area contributed by atoms with Crippen LogP contribution in [0.3, 0.4) is 0 Å². The zero-order valence-electron chi connectivity index (χ0n) is 16.5. The van der Waals surface area contributed by atoms with Gasteiger partial charge in [0.2, 0.25) is 11.8 Å². The van der Waals surface area contributed by atoms with E-state index < -0.39 is 11.2 Å². The largest absolute Gasteiger partial charge is 0.480 e. The third-order valence-electron chi connectivity index (χ3n) is 5.52. The number of rotatable bonds is 4. The molecule has 11 heteroatoms. The summed E-state index contributed by atoms with van der Waals surface area (Å²) in [5.41, 5.74) is 5.93. The van der Waals surface area contributed by atoms with E-state index in [0.717, 1.165) is 0 Å². The van der Waals surface area contributed by atoms with Crippen LogP contribution in [0.2, 0.25) is 0 Å². The van der Waals surface area contributed by atoms with Crippen molar-refractivity contribution in [3.63, 3.8) is 0 Å². The Morgan fingerprint density at radius 1 is 1.35 bits per heavy atom. The fraction of sp³-hybridized carbons (Fsp3) is 0.200. The number of hydrogen-bond acceptors (Lipinski definition) is 8. The van der Waals surface area contributed by atoms with Crippen LogP contribution in [0, 0.1) is 17.1 Å². The standard InChI is InChI=1S/C20H15FN8O2/c1-20-12-14(26-18(20)23)24-16(25-15(12)27-19(20)30)13-10(7-22)17(31-2)29(28-13)8-9-5-3-4-6-11(9)21/h3-6H,8H2,1-2H3,(H3,23,24,25,26,27,30). The van der Waals surface area contributed by atoms with Crippen molar-refractivity contribution >= 4 is 23.4 Å². The Morgan fingerprint density at radius 3 is 2.84 bits per heavy atom. The number of aliphatic imine (C=N–C) groups is 1. The molecule has 10 nitrogen and oxygen atoms in total. The summed E-state index contributed by atoms with van der Waals surface area (Å²) >= 11 is 0. The number of carbonyl (C=O) groups excluding carboxylic acids is 1. The predicted octanol–water partition coefficient (Wildman–Crippen LogP) is 1.62. The van der Waals surface area contributed by atoms with Crippen LogP contribution in [-0.4, -0.2) is 38.6 Å². The van der Waals surface area contributed by atoms with Crippen molar-refractivity contribution in [1.29, 1.82) is 5.26 Å². The van der Waals surface area contributed by atoms with Crippen LogP contribution in [0.1, 0.15) is 23.6 Å². The van der Waals surface area contributed by atoms with Gasteiger partial charge in [-0.05, 0) is 13.0 Å². The highest BCUT2D eigenvalue weighted by molar-refractivity contribution is 6.24. The topological polar surface area (TPSA) is 144 Å². The number of methoxy groups -OCH3 is 1. The lowest BCUT2D eigenvalue weighted by molar-refractivity contribution is -0.118. The van der Waals surface area contributed by atoms with Gasteiger partial charge < -0.3 is 15.8 Å². The van der Waals surface area contributed by atoms with Gasteiger partial charge in [0.15, 0.2) is 17.3 Å². The van der Waals surface area contributed by atoms with Gasteiger partial charge in [0, 0.05) is 5.56 Å². The number of benzene rings is 1. The lowest BCUT2D eigenvalue weighted by Gasteiger charge is -2.14. The third-order valence-corrected chi connectivity index (χ3v) is 5.52. The van der Waals surface area contributed by atoms with Gasteiger partial charge in [-0.1, -0.05) is 18.2 Å². The Bertz CT molecular complexity index is 1360. The summed E-state index contributed by atoms with van der Waals surface area (Å²) in [6, 6.07) is 8.28. The fourth-order valence-electron chi connectivity index (χ4n) is 3.81. The molecule has 0 saturated carbocycles. The summed E-state index contributed by atoms with van der Waals surface area (Å²) in [7, 11) is 1.39. The number of amidine groups is 1. The van der Waals surface area contributed by atoms with Crippen LogP contribution < -0.4 is 15.8 Å². The van der Waals surface area contributed by atoms with E-state index in [1.165, 1.54) is 17.9 Å². The van der Waals surface area contributed by atoms with Crippen LogP contribution in [0.25, 0.3) is 11.5 Å². The van der Waals surface area contributed by atoms with Crippen LogP contribution in [0.5, 0.6) is 5.88 Å². The van der Waals surface area contributed by atoms with Crippen LogP contribution >= 0.6 is 0 Å². The van der Waals surface area contributed by atoms with Crippen LogP contribution in [0.15, 0.2) is 29.3 Å². The van der Waals surface area contributed by atoms with Crippen molar-refractivity contribution in [1.82, 2.24) is 19.7 Å². The summed E-state index contributed by atoms with van der Waals surface area (Å²) in [4.78, 5) is 25.5. The van der Waals surface area contributed by atoms with E-state index in [1.807, 2.05) is 6.07 Å². The molecule has 0 radical (unpaired) electrons. The number of halogens is 1. The smallest absolute Gasteiger partial charge is 0.243 e. The molecule has 1 amide bonds. The molecule has 4 heterocycles. The maximum Gasteiger partial charge on any atom is 0.243 e. The molecule has 3 aromatic rings. The van der Waals surface area contributed by atoms with E-state index in [2.05, 4.69) is 25.4 Å². The average molecular weight is 418 g/mol. The molecule has 0 aliphatic carbocycles. The third kappa shape index (κ3) is 2.45. The molecule has 31 heavy (non-hydrogen) atoms. The SMILES string of the molecule is COc1c(C#N)c(-c2nc3c4c(n2)NC(=O)C4(C)C(N)=N3)nn1Cc1ccccc1F. The van der Waals surface area contributed by atoms with Crippen LogP contribution in [0.4, 0.5) is 16.0 Å². The lowest BCUT2D eigenvalue weighted by atomic mass is 9.85. The molecular formula is C20H15FN8O2. The summed E-state index contributed by atoms with van der Waals surface area (Å²) in [5.74, 6) is 0.0736. The molecule has 0 spiro atoms. The van der Waals surface area contributed by atoms with E-state index in [0.29, 0.717) is 11.1 Å². The van der Waals surface area contributed by atoms with Crippen molar-refractivity contribution in [2.75, 3.05) is 12.4 Å². The zero-order valence-corrected chi connectivity index (χ0v) is 16.5. The van der Waals surface area contributed by atoms with Gasteiger partial charge in [0.1, 0.15) is 34.5 Å². The van der Waals surface area contributed by atoms with E-state index in [4.69, 9.17) is 10.5 Å². The van der Waals surface area contributed by atoms with E-state index in [1.54, 1.807) is 25.1 Å². The molecule has 1 unspecified atom stereocenters. The molecule has 154 valence electrons. The molecule has 1 aromatic carbocycles. The molecule has 0 bridgehead atoms. The van der Waals surface area contributed by atoms with Gasteiger partial charge in [-0.2, -0.15) is 10.4 Å². The van der Waals surface area contributed by atoms with E-state index >= 15 is 0 Å². The normalized spacial score (nSPS) is 18.4. The zero-order chi connectivity index (χ0) is 21.9. The van der Waals surface area contributed by atoms with Gasteiger partial charge in [-0.25, -0.2) is 24.0 Å². The van der Waals surface area contributed by atoms with Crippen molar-refractivity contribution < 1.29 is 13.9 Å². The molecular weight excluding hydrogens is 403 g/mol. The second kappa shape index (κ2) is 6.33. The Morgan fingerprint density at radius 2 is 2.13 bits per heavy atom. The highest BCUT2D eigenvalue weighted by atomic mass is 19.1. The molecule has 0 saturated heterocycles. The summed E-state index contributed by atoms with van der Waals surface area (Å²) < 4.78 is 20.9.